The van der Waals surface area contributed by atoms with Crippen LogP contribution in [0.1, 0.15) is 70.4 Å². The molecule has 0 saturated heterocycles. The van der Waals surface area contributed by atoms with Crippen molar-refractivity contribution in [1.29, 1.82) is 0 Å². The van der Waals surface area contributed by atoms with Crippen molar-refractivity contribution < 1.29 is 9.84 Å². The molecule has 3 rings (SSSR count). The summed E-state index contributed by atoms with van der Waals surface area (Å²) in [6.07, 6.45) is 5.73. The summed E-state index contributed by atoms with van der Waals surface area (Å²) in [7, 11) is 0. The van der Waals surface area contributed by atoms with Gasteiger partial charge in [-0.15, -0.1) is 0 Å². The van der Waals surface area contributed by atoms with E-state index >= 15 is 0 Å². The maximum absolute atomic E-state index is 10.6. The zero-order valence-corrected chi connectivity index (χ0v) is 13.8. The Bertz CT molecular complexity index is 533. The Balaban J connectivity index is 2.07. The number of phenolic OH excluding ortho intramolecular Hbond substituents is 1. The predicted molar refractivity (Wildman–Crippen MR) is 86.1 cm³/mol. The summed E-state index contributed by atoms with van der Waals surface area (Å²) in [5, 5.41) is 10.6. The van der Waals surface area contributed by atoms with Gasteiger partial charge in [0.15, 0.2) is 0 Å². The summed E-state index contributed by atoms with van der Waals surface area (Å²) in [6.45, 7) is 8.93. The van der Waals surface area contributed by atoms with Gasteiger partial charge in [0.05, 0.1) is 0 Å². The largest absolute Gasteiger partial charge is 0.508 e. The van der Waals surface area contributed by atoms with E-state index in [0.29, 0.717) is 17.6 Å². The Hall–Kier alpha value is -1.18. The van der Waals surface area contributed by atoms with Crippen LogP contribution in [0, 0.1) is 11.8 Å². The quantitative estimate of drug-likeness (QED) is 0.826. The number of benzene rings is 1. The highest BCUT2D eigenvalue weighted by Crippen LogP contribution is 2.55. The standard InChI is InChI=1S/C19H28O2/c1-5-6-13-10-16(20)18-14-9-12(2)7-8-15(14)19(3,4)21-17(18)11-13/h10-12,14-15,20H,5-9H2,1-4H3/t12?,14-,15-/m1/s1. The van der Waals surface area contributed by atoms with E-state index in [0.717, 1.165) is 30.1 Å². The number of aryl methyl sites for hydroxylation is 1. The van der Waals surface area contributed by atoms with Gasteiger partial charge in [-0.1, -0.05) is 26.7 Å². The van der Waals surface area contributed by atoms with E-state index in [1.165, 1.54) is 24.8 Å². The third kappa shape index (κ3) is 2.54. The van der Waals surface area contributed by atoms with Crippen molar-refractivity contribution in [2.45, 2.75) is 71.3 Å². The third-order valence-corrected chi connectivity index (χ3v) is 5.47. The number of hydrogen-bond donors (Lipinski definition) is 1. The lowest BCUT2D eigenvalue weighted by atomic mass is 9.64. The molecule has 1 N–H and O–H groups in total. The number of fused-ring (bicyclic) bond motifs is 3. The molecule has 0 spiro atoms. The van der Waals surface area contributed by atoms with Crippen molar-refractivity contribution in [1.82, 2.24) is 0 Å². The van der Waals surface area contributed by atoms with E-state index in [4.69, 9.17) is 4.74 Å². The van der Waals surface area contributed by atoms with Gasteiger partial charge < -0.3 is 9.84 Å². The summed E-state index contributed by atoms with van der Waals surface area (Å²) in [4.78, 5) is 0. The first-order chi connectivity index (χ1) is 9.92. The molecule has 3 atom stereocenters. The van der Waals surface area contributed by atoms with E-state index in [1.807, 2.05) is 6.07 Å². The zero-order chi connectivity index (χ0) is 15.2. The SMILES string of the molecule is CCCc1cc(O)c2c(c1)OC(C)(C)[C@@H]1CCC(C)C[C@@H]21. The average molecular weight is 288 g/mol. The Morgan fingerprint density at radius 1 is 1.29 bits per heavy atom. The maximum atomic E-state index is 10.6. The van der Waals surface area contributed by atoms with E-state index < -0.39 is 0 Å². The first-order valence-corrected chi connectivity index (χ1v) is 8.47. The Morgan fingerprint density at radius 2 is 2.05 bits per heavy atom. The van der Waals surface area contributed by atoms with Gasteiger partial charge in [-0.3, -0.25) is 0 Å². The highest BCUT2D eigenvalue weighted by atomic mass is 16.5. The number of hydrogen-bond acceptors (Lipinski definition) is 2. The van der Waals surface area contributed by atoms with Gasteiger partial charge in [0.2, 0.25) is 0 Å². The van der Waals surface area contributed by atoms with Crippen LogP contribution in [0.2, 0.25) is 0 Å². The first-order valence-electron chi connectivity index (χ1n) is 8.47. The van der Waals surface area contributed by atoms with Gasteiger partial charge >= 0.3 is 0 Å². The van der Waals surface area contributed by atoms with Crippen molar-refractivity contribution >= 4 is 0 Å². The molecule has 0 bridgehead atoms. The Labute approximate surface area is 128 Å². The molecule has 2 heteroatoms. The van der Waals surface area contributed by atoms with Crippen LogP contribution < -0.4 is 4.74 Å². The van der Waals surface area contributed by atoms with Crippen molar-refractivity contribution in [2.24, 2.45) is 11.8 Å². The smallest absolute Gasteiger partial charge is 0.127 e. The number of rotatable bonds is 2. The van der Waals surface area contributed by atoms with Crippen LogP contribution in [0.3, 0.4) is 0 Å². The van der Waals surface area contributed by atoms with E-state index in [-0.39, 0.29) is 5.60 Å². The zero-order valence-electron chi connectivity index (χ0n) is 13.8. The second-order valence-corrected chi connectivity index (χ2v) is 7.61. The van der Waals surface area contributed by atoms with Crippen LogP contribution in [0.5, 0.6) is 11.5 Å². The van der Waals surface area contributed by atoms with Gasteiger partial charge in [-0.05, 0) is 62.6 Å². The van der Waals surface area contributed by atoms with Crippen molar-refractivity contribution in [3.8, 4) is 11.5 Å². The molecule has 0 aromatic heterocycles. The molecule has 116 valence electrons. The molecular formula is C19H28O2. The molecule has 0 radical (unpaired) electrons. The number of phenols is 1. The molecule has 0 amide bonds. The van der Waals surface area contributed by atoms with Crippen LogP contribution in [0.15, 0.2) is 12.1 Å². The molecule has 1 aromatic carbocycles. The monoisotopic (exact) mass is 288 g/mol. The lowest BCUT2D eigenvalue weighted by molar-refractivity contribution is -0.0145. The van der Waals surface area contributed by atoms with Gasteiger partial charge in [-0.2, -0.15) is 0 Å². The lowest BCUT2D eigenvalue weighted by Crippen LogP contribution is -2.46. The van der Waals surface area contributed by atoms with Crippen LogP contribution in [-0.2, 0) is 6.42 Å². The van der Waals surface area contributed by atoms with Crippen LogP contribution in [0.25, 0.3) is 0 Å². The molecule has 1 fully saturated rings. The molecule has 2 nitrogen and oxygen atoms in total. The lowest BCUT2D eigenvalue weighted by Gasteiger charge is -2.48. The second-order valence-electron chi connectivity index (χ2n) is 7.61. The number of aromatic hydroxyl groups is 1. The summed E-state index contributed by atoms with van der Waals surface area (Å²) in [6, 6.07) is 4.12. The van der Waals surface area contributed by atoms with Crippen molar-refractivity contribution in [3.05, 3.63) is 23.3 Å². The van der Waals surface area contributed by atoms with Crippen LogP contribution in [-0.4, -0.2) is 10.7 Å². The molecule has 21 heavy (non-hydrogen) atoms. The molecule has 1 unspecified atom stereocenters. The van der Waals surface area contributed by atoms with Crippen molar-refractivity contribution in [3.63, 3.8) is 0 Å². The summed E-state index contributed by atoms with van der Waals surface area (Å²) in [5.41, 5.74) is 2.13. The third-order valence-electron chi connectivity index (χ3n) is 5.47. The molecule has 1 heterocycles. The topological polar surface area (TPSA) is 29.5 Å². The summed E-state index contributed by atoms with van der Waals surface area (Å²) < 4.78 is 6.33. The highest BCUT2D eigenvalue weighted by molar-refractivity contribution is 5.52. The Kier molecular flexibility index (Phi) is 3.67. The van der Waals surface area contributed by atoms with Gasteiger partial charge in [0, 0.05) is 11.5 Å². The van der Waals surface area contributed by atoms with E-state index in [2.05, 4.69) is 33.8 Å². The number of ether oxygens (including phenoxy) is 1. The van der Waals surface area contributed by atoms with Gasteiger partial charge in [-0.25, -0.2) is 0 Å². The second kappa shape index (κ2) is 5.23. The molecule has 1 aliphatic carbocycles. The highest BCUT2D eigenvalue weighted by Gasteiger charge is 2.46. The maximum Gasteiger partial charge on any atom is 0.127 e. The predicted octanol–water partition coefficient (Wildman–Crippen LogP) is 5.04. The summed E-state index contributed by atoms with van der Waals surface area (Å²) in [5.74, 6) is 3.09. The van der Waals surface area contributed by atoms with Crippen molar-refractivity contribution in [2.75, 3.05) is 0 Å². The van der Waals surface area contributed by atoms with Crippen LogP contribution in [0.4, 0.5) is 0 Å². The molecule has 2 aliphatic rings. The fourth-order valence-electron chi connectivity index (χ4n) is 4.45. The van der Waals surface area contributed by atoms with Crippen LogP contribution >= 0.6 is 0 Å². The molecule has 1 aliphatic heterocycles. The van der Waals surface area contributed by atoms with Gasteiger partial charge in [0.25, 0.3) is 0 Å². The molecular weight excluding hydrogens is 260 g/mol. The Morgan fingerprint density at radius 3 is 2.76 bits per heavy atom. The minimum Gasteiger partial charge on any atom is -0.508 e. The first kappa shape index (κ1) is 14.7. The van der Waals surface area contributed by atoms with E-state index in [9.17, 15) is 5.11 Å². The van der Waals surface area contributed by atoms with Gasteiger partial charge in [0.1, 0.15) is 17.1 Å². The summed E-state index contributed by atoms with van der Waals surface area (Å²) >= 11 is 0. The van der Waals surface area contributed by atoms with E-state index in [1.54, 1.807) is 0 Å². The molecule has 1 saturated carbocycles. The normalized spacial score (nSPS) is 30.2. The average Bonchev–Trinajstić information content (AvgIpc) is 2.37. The fraction of sp³-hybridized carbons (Fsp3) is 0.684. The molecule has 1 aromatic rings. The minimum absolute atomic E-state index is 0.130. The minimum atomic E-state index is -0.130. The fourth-order valence-corrected chi connectivity index (χ4v) is 4.45.